The average molecular weight is 474 g/mol. The van der Waals surface area contributed by atoms with Crippen molar-refractivity contribution in [3.05, 3.63) is 18.0 Å². The van der Waals surface area contributed by atoms with Gasteiger partial charge in [-0.15, -0.1) is 0 Å². The highest BCUT2D eigenvalue weighted by Crippen LogP contribution is 2.31. The van der Waals surface area contributed by atoms with Crippen molar-refractivity contribution in [2.24, 2.45) is 11.7 Å². The van der Waals surface area contributed by atoms with E-state index in [1.54, 1.807) is 16.7 Å². The van der Waals surface area contributed by atoms with Gasteiger partial charge in [0.25, 0.3) is 5.91 Å². The summed E-state index contributed by atoms with van der Waals surface area (Å²) in [4.78, 5) is 46.3. The fourth-order valence-electron chi connectivity index (χ4n) is 4.08. The Bertz CT molecular complexity index is 884. The van der Waals surface area contributed by atoms with E-state index in [-0.39, 0.29) is 25.0 Å². The van der Waals surface area contributed by atoms with Gasteiger partial charge in [-0.05, 0) is 13.3 Å². The minimum atomic E-state index is -4.56. The van der Waals surface area contributed by atoms with Gasteiger partial charge in [0.15, 0.2) is 0 Å². The van der Waals surface area contributed by atoms with Crippen molar-refractivity contribution in [2.75, 3.05) is 31.1 Å². The molecule has 4 atom stereocenters. The summed E-state index contributed by atoms with van der Waals surface area (Å²) in [6, 6.07) is -1.00. The number of halogens is 3. The lowest BCUT2D eigenvalue weighted by atomic mass is 9.90. The van der Waals surface area contributed by atoms with Crippen molar-refractivity contribution in [1.29, 1.82) is 0 Å². The third-order valence-electron chi connectivity index (χ3n) is 5.70. The number of anilines is 1. The van der Waals surface area contributed by atoms with Crippen LogP contribution in [0.3, 0.4) is 0 Å². The molecule has 0 radical (unpaired) electrons. The number of aromatic nitrogens is 2. The lowest BCUT2D eigenvalue weighted by molar-refractivity contribution is -0.142. The van der Waals surface area contributed by atoms with E-state index in [4.69, 9.17) is 15.6 Å². The highest BCUT2D eigenvalue weighted by atomic mass is 19.4. The van der Waals surface area contributed by atoms with E-state index in [0.717, 1.165) is 0 Å². The molecule has 2 saturated heterocycles. The maximum atomic E-state index is 12.9. The number of carbonyl (C=O) groups excluding carboxylic acids is 2. The first-order valence-corrected chi connectivity index (χ1v) is 10.3. The molecule has 14 heteroatoms. The van der Waals surface area contributed by atoms with Gasteiger partial charge < -0.3 is 30.7 Å². The van der Waals surface area contributed by atoms with E-state index < -0.39 is 47.8 Å². The third kappa shape index (κ3) is 5.80. The Hall–Kier alpha value is -3.16. The summed E-state index contributed by atoms with van der Waals surface area (Å²) >= 11 is 0. The summed E-state index contributed by atoms with van der Waals surface area (Å²) in [5.74, 6) is -1.69. The zero-order valence-electron chi connectivity index (χ0n) is 17.8. The molecule has 0 bridgehead atoms. The summed E-state index contributed by atoms with van der Waals surface area (Å²) in [6.45, 7) is 2.33. The Balaban J connectivity index is 1.63. The number of rotatable bonds is 7. The standard InChI is InChI=1S/C19H25F3N6O5/c1-10(26-18(31)32)9-33-14-3-5-28(16(14)30)13-2-4-27(8-12(13)15(23)29)17-24-6-11(7-25-17)19(20,21)22/h6-7,10,12-14,26H,2-5,8-9H2,1H3,(H2,23,29)(H,31,32)/t10-,12?,13?,14+/m0/s1. The Labute approximate surface area is 187 Å². The molecule has 0 saturated carbocycles. The van der Waals surface area contributed by atoms with E-state index in [2.05, 4.69) is 15.3 Å². The number of nitrogens with one attached hydrogen (secondary N) is 1. The van der Waals surface area contributed by atoms with Crippen LogP contribution in [0.15, 0.2) is 12.4 Å². The van der Waals surface area contributed by atoms with Crippen LogP contribution >= 0.6 is 0 Å². The Morgan fingerprint density at radius 3 is 2.55 bits per heavy atom. The number of alkyl halides is 3. The van der Waals surface area contributed by atoms with Crippen LogP contribution in [0.1, 0.15) is 25.3 Å². The van der Waals surface area contributed by atoms with Crippen molar-refractivity contribution in [1.82, 2.24) is 20.2 Å². The van der Waals surface area contributed by atoms with Crippen molar-refractivity contribution >= 4 is 23.9 Å². The van der Waals surface area contributed by atoms with Gasteiger partial charge in [-0.3, -0.25) is 9.59 Å². The van der Waals surface area contributed by atoms with E-state index >= 15 is 0 Å². The molecule has 4 N–H and O–H groups in total. The number of hydrogen-bond acceptors (Lipinski definition) is 7. The van der Waals surface area contributed by atoms with Crippen LogP contribution in [0.2, 0.25) is 0 Å². The number of amides is 3. The maximum Gasteiger partial charge on any atom is 0.419 e. The Morgan fingerprint density at radius 2 is 1.97 bits per heavy atom. The van der Waals surface area contributed by atoms with Crippen LogP contribution in [0.5, 0.6) is 0 Å². The molecule has 2 aliphatic heterocycles. The highest BCUT2D eigenvalue weighted by molar-refractivity contribution is 5.85. The van der Waals surface area contributed by atoms with Crippen LogP contribution in [-0.4, -0.2) is 82.3 Å². The highest BCUT2D eigenvalue weighted by Gasteiger charge is 2.44. The number of nitrogens with two attached hydrogens (primary N) is 1. The van der Waals surface area contributed by atoms with Crippen molar-refractivity contribution in [3.8, 4) is 0 Å². The third-order valence-corrected chi connectivity index (χ3v) is 5.70. The fraction of sp³-hybridized carbons (Fsp3) is 0.632. The maximum absolute atomic E-state index is 12.9. The summed E-state index contributed by atoms with van der Waals surface area (Å²) < 4.78 is 43.8. The monoisotopic (exact) mass is 474 g/mol. The van der Waals surface area contributed by atoms with Crippen LogP contribution in [-0.2, 0) is 20.5 Å². The number of likely N-dealkylation sites (tertiary alicyclic amines) is 1. The van der Waals surface area contributed by atoms with Crippen LogP contribution in [0.4, 0.5) is 23.9 Å². The van der Waals surface area contributed by atoms with Gasteiger partial charge in [0, 0.05) is 44.5 Å². The molecule has 0 aromatic carbocycles. The molecule has 2 fully saturated rings. The molecule has 1 aromatic heterocycles. The molecule has 33 heavy (non-hydrogen) atoms. The summed E-state index contributed by atoms with van der Waals surface area (Å²) in [5, 5.41) is 11.0. The zero-order chi connectivity index (χ0) is 24.3. The molecule has 3 rings (SSSR count). The van der Waals surface area contributed by atoms with Crippen LogP contribution in [0, 0.1) is 5.92 Å². The molecule has 2 aliphatic rings. The summed E-state index contributed by atoms with van der Waals surface area (Å²) in [5.41, 5.74) is 4.61. The molecular weight excluding hydrogens is 449 g/mol. The van der Waals surface area contributed by atoms with Crippen molar-refractivity contribution in [3.63, 3.8) is 0 Å². The van der Waals surface area contributed by atoms with E-state index in [9.17, 15) is 27.6 Å². The summed E-state index contributed by atoms with van der Waals surface area (Å²) in [6.07, 6.45) is -4.43. The first-order chi connectivity index (χ1) is 15.5. The molecule has 182 valence electrons. The minimum absolute atomic E-state index is 0.0134. The predicted octanol–water partition coefficient (Wildman–Crippen LogP) is 0.449. The van der Waals surface area contributed by atoms with Crippen LogP contribution < -0.4 is 16.0 Å². The fourth-order valence-corrected chi connectivity index (χ4v) is 4.08. The molecule has 0 spiro atoms. The van der Waals surface area contributed by atoms with Gasteiger partial charge in [0.1, 0.15) is 6.10 Å². The quantitative estimate of drug-likeness (QED) is 0.515. The smallest absolute Gasteiger partial charge is 0.419 e. The normalized spacial score (nSPS) is 24.6. The second-order valence-electron chi connectivity index (χ2n) is 8.07. The minimum Gasteiger partial charge on any atom is -0.465 e. The number of primary amides is 1. The number of carboxylic acid groups (broad SMARTS) is 1. The molecule has 0 aliphatic carbocycles. The van der Waals surface area contributed by atoms with Gasteiger partial charge in [-0.25, -0.2) is 14.8 Å². The van der Waals surface area contributed by atoms with Crippen molar-refractivity contribution in [2.45, 2.75) is 44.1 Å². The topological polar surface area (TPSA) is 151 Å². The van der Waals surface area contributed by atoms with E-state index in [1.165, 1.54) is 0 Å². The number of ether oxygens (including phenoxy) is 1. The molecule has 3 amide bonds. The van der Waals surface area contributed by atoms with Crippen LogP contribution in [0.25, 0.3) is 0 Å². The van der Waals surface area contributed by atoms with Gasteiger partial charge in [0.05, 0.1) is 24.1 Å². The number of piperidine rings is 1. The molecule has 11 nitrogen and oxygen atoms in total. The Kier molecular flexibility index (Phi) is 7.25. The first kappa shape index (κ1) is 24.5. The lowest BCUT2D eigenvalue weighted by Crippen LogP contribution is -2.56. The van der Waals surface area contributed by atoms with Gasteiger partial charge >= 0.3 is 12.3 Å². The van der Waals surface area contributed by atoms with Crippen molar-refractivity contribution < 1.29 is 37.4 Å². The number of carbonyl (C=O) groups is 3. The number of nitrogens with zero attached hydrogens (tertiary/aromatic N) is 4. The zero-order valence-corrected chi connectivity index (χ0v) is 17.8. The van der Waals surface area contributed by atoms with E-state index in [1.807, 2.05) is 0 Å². The molecule has 2 unspecified atom stereocenters. The molecule has 1 aromatic rings. The number of hydrogen-bond donors (Lipinski definition) is 3. The SMILES string of the molecule is C[C@@H](CO[C@@H]1CCN(C2CCN(c3ncc(C(F)(F)F)cn3)CC2C(N)=O)C1=O)NC(=O)O. The van der Waals surface area contributed by atoms with Gasteiger partial charge in [-0.2, -0.15) is 13.2 Å². The second-order valence-corrected chi connectivity index (χ2v) is 8.07. The van der Waals surface area contributed by atoms with Gasteiger partial charge in [-0.1, -0.05) is 0 Å². The summed E-state index contributed by atoms with van der Waals surface area (Å²) in [7, 11) is 0. The van der Waals surface area contributed by atoms with E-state index in [0.29, 0.717) is 38.3 Å². The second kappa shape index (κ2) is 9.77. The predicted molar refractivity (Wildman–Crippen MR) is 107 cm³/mol. The largest absolute Gasteiger partial charge is 0.465 e. The molecule has 3 heterocycles. The lowest BCUT2D eigenvalue weighted by Gasteiger charge is -2.41. The van der Waals surface area contributed by atoms with Gasteiger partial charge in [0.2, 0.25) is 11.9 Å². The molecular formula is C19H25F3N6O5. The first-order valence-electron chi connectivity index (χ1n) is 10.3. The Morgan fingerprint density at radius 1 is 1.30 bits per heavy atom. The average Bonchev–Trinajstić information content (AvgIpc) is 3.11.